The highest BCUT2D eigenvalue weighted by Crippen LogP contribution is 2.33. The summed E-state index contributed by atoms with van der Waals surface area (Å²) in [5.74, 6) is 1.41. The van der Waals surface area contributed by atoms with Gasteiger partial charge in [-0.05, 0) is 37.1 Å². The molecule has 1 aromatic carbocycles. The van der Waals surface area contributed by atoms with Gasteiger partial charge in [-0.1, -0.05) is 0 Å². The van der Waals surface area contributed by atoms with E-state index in [1.54, 1.807) is 0 Å². The van der Waals surface area contributed by atoms with Gasteiger partial charge in [-0.3, -0.25) is 0 Å². The summed E-state index contributed by atoms with van der Waals surface area (Å²) in [5.41, 5.74) is 2.31. The van der Waals surface area contributed by atoms with E-state index in [9.17, 15) is 0 Å². The standard InChI is InChI=1S/C11H11NO2/c1-7-3-10-11(4-8(7)2)14-9(5-12)6-13-10/h3-4,9H,6H2,1-2H3. The summed E-state index contributed by atoms with van der Waals surface area (Å²) in [6, 6.07) is 5.89. The molecule has 1 aliphatic rings. The summed E-state index contributed by atoms with van der Waals surface area (Å²) in [7, 11) is 0. The molecular formula is C11H11NO2. The summed E-state index contributed by atoms with van der Waals surface area (Å²) in [6.07, 6.45) is -0.482. The van der Waals surface area contributed by atoms with E-state index in [0.717, 1.165) is 11.3 Å². The quantitative estimate of drug-likeness (QED) is 0.626. The topological polar surface area (TPSA) is 42.2 Å². The van der Waals surface area contributed by atoms with Crippen LogP contribution in [0.5, 0.6) is 11.5 Å². The normalized spacial score (nSPS) is 18.8. The first-order valence-electron chi connectivity index (χ1n) is 4.51. The van der Waals surface area contributed by atoms with E-state index in [2.05, 4.69) is 0 Å². The molecule has 3 heteroatoms. The Labute approximate surface area is 82.9 Å². The Hall–Kier alpha value is -1.69. The monoisotopic (exact) mass is 189 g/mol. The minimum atomic E-state index is -0.482. The highest BCUT2D eigenvalue weighted by Gasteiger charge is 2.20. The first-order chi connectivity index (χ1) is 6.70. The lowest BCUT2D eigenvalue weighted by Crippen LogP contribution is -2.27. The van der Waals surface area contributed by atoms with Crippen LogP contribution in [-0.4, -0.2) is 12.7 Å². The third-order valence-corrected chi connectivity index (χ3v) is 2.36. The zero-order chi connectivity index (χ0) is 10.1. The molecule has 0 saturated carbocycles. The van der Waals surface area contributed by atoms with E-state index >= 15 is 0 Å². The predicted molar refractivity (Wildman–Crippen MR) is 51.4 cm³/mol. The van der Waals surface area contributed by atoms with Gasteiger partial charge in [-0.15, -0.1) is 0 Å². The molecule has 0 amide bonds. The van der Waals surface area contributed by atoms with Crippen molar-refractivity contribution in [2.24, 2.45) is 0 Å². The van der Waals surface area contributed by atoms with Crippen LogP contribution in [0.25, 0.3) is 0 Å². The third kappa shape index (κ3) is 1.39. The molecule has 3 nitrogen and oxygen atoms in total. The highest BCUT2D eigenvalue weighted by molar-refractivity contribution is 5.47. The summed E-state index contributed by atoms with van der Waals surface area (Å²) in [6.45, 7) is 4.34. The molecule has 0 fully saturated rings. The molecule has 1 aromatic rings. The number of rotatable bonds is 0. The third-order valence-electron chi connectivity index (χ3n) is 2.36. The number of hydrogen-bond donors (Lipinski definition) is 0. The van der Waals surface area contributed by atoms with Crippen molar-refractivity contribution in [1.82, 2.24) is 0 Å². The molecule has 72 valence electrons. The minimum Gasteiger partial charge on any atom is -0.485 e. The zero-order valence-electron chi connectivity index (χ0n) is 8.20. The first kappa shape index (κ1) is 8.89. The van der Waals surface area contributed by atoms with Gasteiger partial charge in [0.2, 0.25) is 6.10 Å². The number of nitrogens with zero attached hydrogens (tertiary/aromatic N) is 1. The molecule has 1 unspecified atom stereocenters. The van der Waals surface area contributed by atoms with Crippen molar-refractivity contribution in [3.63, 3.8) is 0 Å². The highest BCUT2D eigenvalue weighted by atomic mass is 16.6. The van der Waals surface area contributed by atoms with Crippen LogP contribution in [0.2, 0.25) is 0 Å². The smallest absolute Gasteiger partial charge is 0.218 e. The second-order valence-corrected chi connectivity index (χ2v) is 3.43. The first-order valence-corrected chi connectivity index (χ1v) is 4.51. The van der Waals surface area contributed by atoms with Crippen LogP contribution in [0, 0.1) is 25.2 Å². The molecule has 0 saturated heterocycles. The van der Waals surface area contributed by atoms with E-state index in [-0.39, 0.29) is 0 Å². The number of fused-ring (bicyclic) bond motifs is 1. The summed E-state index contributed by atoms with van der Waals surface area (Å²) >= 11 is 0. The predicted octanol–water partition coefficient (Wildman–Crippen LogP) is 1.97. The molecule has 1 aliphatic heterocycles. The largest absolute Gasteiger partial charge is 0.485 e. The minimum absolute atomic E-state index is 0.312. The second-order valence-electron chi connectivity index (χ2n) is 3.43. The molecule has 0 aliphatic carbocycles. The maximum Gasteiger partial charge on any atom is 0.218 e. The van der Waals surface area contributed by atoms with Crippen LogP contribution in [0.15, 0.2) is 12.1 Å². The van der Waals surface area contributed by atoms with Crippen LogP contribution in [0.4, 0.5) is 0 Å². The average Bonchev–Trinajstić information content (AvgIpc) is 2.19. The van der Waals surface area contributed by atoms with Gasteiger partial charge in [0.25, 0.3) is 0 Å². The SMILES string of the molecule is Cc1cc2c(cc1C)OC(C#N)CO2. The van der Waals surface area contributed by atoms with Crippen LogP contribution >= 0.6 is 0 Å². The van der Waals surface area contributed by atoms with Crippen LogP contribution in [-0.2, 0) is 0 Å². The number of aryl methyl sites for hydroxylation is 2. The molecule has 1 atom stereocenters. The Kier molecular flexibility index (Phi) is 2.05. The van der Waals surface area contributed by atoms with Gasteiger partial charge in [0.05, 0.1) is 0 Å². The Balaban J connectivity index is 2.39. The zero-order valence-corrected chi connectivity index (χ0v) is 8.20. The van der Waals surface area contributed by atoms with Crippen molar-refractivity contribution in [2.45, 2.75) is 20.0 Å². The summed E-state index contributed by atoms with van der Waals surface area (Å²) in [4.78, 5) is 0. The fourth-order valence-corrected chi connectivity index (χ4v) is 1.38. The number of ether oxygens (including phenoxy) is 2. The fraction of sp³-hybridized carbons (Fsp3) is 0.364. The van der Waals surface area contributed by atoms with Crippen molar-refractivity contribution >= 4 is 0 Å². The van der Waals surface area contributed by atoms with E-state index in [0.29, 0.717) is 12.4 Å². The van der Waals surface area contributed by atoms with Crippen molar-refractivity contribution in [3.8, 4) is 17.6 Å². The second kappa shape index (κ2) is 3.22. The fourth-order valence-electron chi connectivity index (χ4n) is 1.38. The molecule has 1 heterocycles. The van der Waals surface area contributed by atoms with Crippen LogP contribution < -0.4 is 9.47 Å². The van der Waals surface area contributed by atoms with Gasteiger partial charge in [0, 0.05) is 0 Å². The van der Waals surface area contributed by atoms with Crippen LogP contribution in [0.1, 0.15) is 11.1 Å². The van der Waals surface area contributed by atoms with Gasteiger partial charge in [-0.25, -0.2) is 0 Å². The van der Waals surface area contributed by atoms with E-state index in [4.69, 9.17) is 14.7 Å². The number of nitriles is 1. The van der Waals surface area contributed by atoms with Crippen molar-refractivity contribution in [2.75, 3.05) is 6.61 Å². The van der Waals surface area contributed by atoms with Gasteiger partial charge >= 0.3 is 0 Å². The average molecular weight is 189 g/mol. The van der Waals surface area contributed by atoms with Gasteiger partial charge in [0.15, 0.2) is 11.5 Å². The summed E-state index contributed by atoms with van der Waals surface area (Å²) < 4.78 is 10.8. The van der Waals surface area contributed by atoms with Crippen molar-refractivity contribution in [3.05, 3.63) is 23.3 Å². The van der Waals surface area contributed by atoms with Crippen molar-refractivity contribution < 1.29 is 9.47 Å². The molecule has 2 rings (SSSR count). The van der Waals surface area contributed by atoms with E-state index < -0.39 is 6.10 Å². The van der Waals surface area contributed by atoms with E-state index in [1.807, 2.05) is 32.0 Å². The van der Waals surface area contributed by atoms with E-state index in [1.165, 1.54) is 5.56 Å². The Bertz CT molecular complexity index is 406. The molecule has 14 heavy (non-hydrogen) atoms. The maximum absolute atomic E-state index is 8.69. The molecule has 0 aromatic heterocycles. The molecular weight excluding hydrogens is 178 g/mol. The Morgan fingerprint density at radius 3 is 2.57 bits per heavy atom. The number of hydrogen-bond acceptors (Lipinski definition) is 3. The van der Waals surface area contributed by atoms with Gasteiger partial charge in [0.1, 0.15) is 12.7 Å². The Morgan fingerprint density at radius 2 is 1.93 bits per heavy atom. The van der Waals surface area contributed by atoms with Crippen LogP contribution in [0.3, 0.4) is 0 Å². The lowest BCUT2D eigenvalue weighted by Gasteiger charge is -2.23. The van der Waals surface area contributed by atoms with Crippen molar-refractivity contribution in [1.29, 1.82) is 5.26 Å². The molecule has 0 radical (unpaired) electrons. The lowest BCUT2D eigenvalue weighted by molar-refractivity contribution is 0.127. The summed E-state index contributed by atoms with van der Waals surface area (Å²) in [5, 5.41) is 8.69. The molecule has 0 spiro atoms. The molecule has 0 N–H and O–H groups in total. The molecule has 0 bridgehead atoms. The lowest BCUT2D eigenvalue weighted by atomic mass is 10.1. The van der Waals surface area contributed by atoms with Gasteiger partial charge < -0.3 is 9.47 Å². The number of benzene rings is 1. The maximum atomic E-state index is 8.69. The Morgan fingerprint density at radius 1 is 1.29 bits per heavy atom. The van der Waals surface area contributed by atoms with Gasteiger partial charge in [-0.2, -0.15) is 5.26 Å².